The molecule has 2 heterocycles. The minimum atomic E-state index is -0.748. The van der Waals surface area contributed by atoms with Crippen LogP contribution in [0.5, 0.6) is 5.75 Å². The zero-order valence-corrected chi connectivity index (χ0v) is 19.3. The summed E-state index contributed by atoms with van der Waals surface area (Å²) in [4.78, 5) is 16.6. The lowest BCUT2D eigenvalue weighted by Crippen LogP contribution is -2.11. The Kier molecular flexibility index (Phi) is 6.72. The number of halogens is 1. The standard InChI is InChI=1S/C25H24FN3O5/c1-14-5-8-19(12-22(14)26)24-27-25(34-29-24)17(4)32-23(30)11-18-6-9-20(10-7-18)31-13-21-15(2)28-33-16(21)3/h5-10,12,17H,11,13H2,1-4H3. The summed E-state index contributed by atoms with van der Waals surface area (Å²) in [5.41, 5.74) is 3.48. The van der Waals surface area contributed by atoms with Gasteiger partial charge in [-0.25, -0.2) is 4.39 Å². The molecular formula is C25H24FN3O5. The van der Waals surface area contributed by atoms with E-state index in [1.165, 1.54) is 6.07 Å². The van der Waals surface area contributed by atoms with E-state index in [0.717, 1.165) is 22.6 Å². The molecule has 0 amide bonds. The van der Waals surface area contributed by atoms with E-state index in [0.29, 0.717) is 23.5 Å². The molecule has 1 atom stereocenters. The van der Waals surface area contributed by atoms with Gasteiger partial charge in [0.1, 0.15) is 23.9 Å². The highest BCUT2D eigenvalue weighted by atomic mass is 19.1. The van der Waals surface area contributed by atoms with E-state index in [2.05, 4.69) is 15.3 Å². The first kappa shape index (κ1) is 23.2. The van der Waals surface area contributed by atoms with E-state index < -0.39 is 12.1 Å². The van der Waals surface area contributed by atoms with Crippen LogP contribution in [0.15, 0.2) is 51.5 Å². The molecule has 0 radical (unpaired) electrons. The Morgan fingerprint density at radius 1 is 1.06 bits per heavy atom. The van der Waals surface area contributed by atoms with Crippen LogP contribution in [0, 0.1) is 26.6 Å². The SMILES string of the molecule is Cc1ccc(-c2noc(C(C)OC(=O)Cc3ccc(OCc4c(C)noc4C)cc3)n2)cc1F. The van der Waals surface area contributed by atoms with E-state index in [4.69, 9.17) is 18.5 Å². The summed E-state index contributed by atoms with van der Waals surface area (Å²) in [7, 11) is 0. The molecule has 8 nitrogen and oxygen atoms in total. The largest absolute Gasteiger partial charge is 0.489 e. The van der Waals surface area contributed by atoms with Gasteiger partial charge in [0.05, 0.1) is 17.7 Å². The summed E-state index contributed by atoms with van der Waals surface area (Å²) in [5, 5.41) is 7.77. The lowest BCUT2D eigenvalue weighted by molar-refractivity contribution is -0.148. The summed E-state index contributed by atoms with van der Waals surface area (Å²) < 4.78 is 35.3. The third kappa shape index (κ3) is 5.31. The highest BCUT2D eigenvalue weighted by Crippen LogP contribution is 2.23. The molecule has 34 heavy (non-hydrogen) atoms. The van der Waals surface area contributed by atoms with Gasteiger partial charge >= 0.3 is 5.97 Å². The van der Waals surface area contributed by atoms with Gasteiger partial charge in [-0.2, -0.15) is 4.98 Å². The molecule has 1 unspecified atom stereocenters. The maximum atomic E-state index is 13.8. The Hall–Kier alpha value is -4.01. The van der Waals surface area contributed by atoms with Gasteiger partial charge in [-0.1, -0.05) is 34.6 Å². The fourth-order valence-electron chi connectivity index (χ4n) is 3.27. The van der Waals surface area contributed by atoms with Crippen molar-refractivity contribution in [3.63, 3.8) is 0 Å². The quantitative estimate of drug-likeness (QED) is 0.327. The molecule has 0 bridgehead atoms. The van der Waals surface area contributed by atoms with Crippen LogP contribution in [-0.2, 0) is 22.6 Å². The van der Waals surface area contributed by atoms with Gasteiger partial charge in [0.15, 0.2) is 6.10 Å². The Morgan fingerprint density at radius 2 is 1.82 bits per heavy atom. The molecule has 0 saturated heterocycles. The number of hydrogen-bond acceptors (Lipinski definition) is 8. The van der Waals surface area contributed by atoms with Crippen LogP contribution < -0.4 is 4.74 Å². The second-order valence-electron chi connectivity index (χ2n) is 7.96. The maximum absolute atomic E-state index is 13.8. The fourth-order valence-corrected chi connectivity index (χ4v) is 3.27. The number of esters is 1. The summed E-state index contributed by atoms with van der Waals surface area (Å²) >= 11 is 0. The average molecular weight is 465 g/mol. The van der Waals surface area contributed by atoms with Crippen molar-refractivity contribution in [3.05, 3.63) is 82.3 Å². The first-order chi connectivity index (χ1) is 16.3. The number of carbonyl (C=O) groups is 1. The van der Waals surface area contributed by atoms with Gasteiger partial charge in [-0.15, -0.1) is 0 Å². The number of hydrogen-bond donors (Lipinski definition) is 0. The average Bonchev–Trinajstić information content (AvgIpc) is 3.42. The van der Waals surface area contributed by atoms with E-state index >= 15 is 0 Å². The third-order valence-corrected chi connectivity index (χ3v) is 5.36. The molecule has 176 valence electrons. The summed E-state index contributed by atoms with van der Waals surface area (Å²) in [6.07, 6.45) is -0.680. The second kappa shape index (κ2) is 9.86. The van der Waals surface area contributed by atoms with Crippen LogP contribution >= 0.6 is 0 Å². The van der Waals surface area contributed by atoms with Crippen molar-refractivity contribution < 1.29 is 27.7 Å². The molecule has 0 saturated carbocycles. The molecule has 4 rings (SSSR count). The van der Waals surface area contributed by atoms with Gasteiger partial charge in [0.25, 0.3) is 5.89 Å². The second-order valence-corrected chi connectivity index (χ2v) is 7.96. The first-order valence-electron chi connectivity index (χ1n) is 10.7. The number of rotatable bonds is 8. The van der Waals surface area contributed by atoms with E-state index in [9.17, 15) is 9.18 Å². The third-order valence-electron chi connectivity index (χ3n) is 5.36. The van der Waals surface area contributed by atoms with Gasteiger partial charge in [-0.3, -0.25) is 4.79 Å². The molecule has 4 aromatic rings. The van der Waals surface area contributed by atoms with Crippen LogP contribution in [0.25, 0.3) is 11.4 Å². The van der Waals surface area contributed by atoms with Crippen molar-refractivity contribution >= 4 is 5.97 Å². The van der Waals surface area contributed by atoms with Gasteiger partial charge in [0, 0.05) is 5.56 Å². The molecule has 0 aliphatic rings. The molecule has 0 aliphatic carbocycles. The minimum Gasteiger partial charge on any atom is -0.489 e. The van der Waals surface area contributed by atoms with Crippen molar-refractivity contribution in [2.24, 2.45) is 0 Å². The van der Waals surface area contributed by atoms with Crippen LogP contribution in [0.1, 0.15) is 47.1 Å². The van der Waals surface area contributed by atoms with Crippen LogP contribution in [0.4, 0.5) is 4.39 Å². The highest BCUT2D eigenvalue weighted by Gasteiger charge is 2.20. The zero-order valence-electron chi connectivity index (χ0n) is 19.3. The number of nitrogens with zero attached hydrogens (tertiary/aromatic N) is 3. The van der Waals surface area contributed by atoms with Gasteiger partial charge in [0.2, 0.25) is 5.82 Å². The lowest BCUT2D eigenvalue weighted by Gasteiger charge is -2.10. The molecule has 2 aromatic heterocycles. The first-order valence-corrected chi connectivity index (χ1v) is 10.7. The monoisotopic (exact) mass is 465 g/mol. The number of ether oxygens (including phenoxy) is 2. The lowest BCUT2D eigenvalue weighted by atomic mass is 10.1. The molecule has 2 aromatic carbocycles. The van der Waals surface area contributed by atoms with E-state index in [1.807, 2.05) is 13.8 Å². The van der Waals surface area contributed by atoms with Crippen molar-refractivity contribution in [2.75, 3.05) is 0 Å². The molecule has 9 heteroatoms. The molecule has 0 spiro atoms. The van der Waals surface area contributed by atoms with Gasteiger partial charge in [-0.05, 0) is 57.0 Å². The smallest absolute Gasteiger partial charge is 0.311 e. The van der Waals surface area contributed by atoms with E-state index in [-0.39, 0.29) is 24.0 Å². The minimum absolute atomic E-state index is 0.0681. The number of carbonyl (C=O) groups excluding carboxylic acids is 1. The Bertz CT molecular complexity index is 1280. The molecular weight excluding hydrogens is 441 g/mol. The Labute approximate surface area is 195 Å². The number of aryl methyl sites for hydroxylation is 3. The normalized spacial score (nSPS) is 11.9. The van der Waals surface area contributed by atoms with Crippen LogP contribution in [0.2, 0.25) is 0 Å². The molecule has 0 fully saturated rings. The summed E-state index contributed by atoms with van der Waals surface area (Å²) in [5.74, 6) is 0.944. The van der Waals surface area contributed by atoms with Crippen molar-refractivity contribution in [1.82, 2.24) is 15.3 Å². The zero-order chi connectivity index (χ0) is 24.2. The Balaban J connectivity index is 1.31. The number of benzene rings is 2. The molecule has 0 N–H and O–H groups in total. The topological polar surface area (TPSA) is 100 Å². The predicted molar refractivity (Wildman–Crippen MR) is 119 cm³/mol. The van der Waals surface area contributed by atoms with E-state index in [1.54, 1.807) is 50.2 Å². The maximum Gasteiger partial charge on any atom is 0.311 e. The van der Waals surface area contributed by atoms with Crippen LogP contribution in [-0.4, -0.2) is 21.3 Å². The molecule has 0 aliphatic heterocycles. The summed E-state index contributed by atoms with van der Waals surface area (Å²) in [6, 6.07) is 11.8. The van der Waals surface area contributed by atoms with Crippen molar-refractivity contribution in [3.8, 4) is 17.1 Å². The van der Waals surface area contributed by atoms with Crippen molar-refractivity contribution in [1.29, 1.82) is 0 Å². The van der Waals surface area contributed by atoms with Crippen LogP contribution in [0.3, 0.4) is 0 Å². The summed E-state index contributed by atoms with van der Waals surface area (Å²) in [6.45, 7) is 7.36. The van der Waals surface area contributed by atoms with Gasteiger partial charge < -0.3 is 18.5 Å². The Morgan fingerprint density at radius 3 is 2.50 bits per heavy atom. The van der Waals surface area contributed by atoms with Crippen molar-refractivity contribution in [2.45, 2.75) is 46.8 Å². The predicted octanol–water partition coefficient (Wildman–Crippen LogP) is 5.21. The fraction of sp³-hybridized carbons (Fsp3) is 0.280. The highest BCUT2D eigenvalue weighted by molar-refractivity contribution is 5.72. The number of aromatic nitrogens is 3.